The van der Waals surface area contributed by atoms with Gasteiger partial charge in [-0.15, -0.1) is 11.3 Å². The predicted octanol–water partition coefficient (Wildman–Crippen LogP) is 2.94. The summed E-state index contributed by atoms with van der Waals surface area (Å²) in [6.07, 6.45) is 0.968. The molecule has 19 heavy (non-hydrogen) atoms. The molecule has 0 aliphatic heterocycles. The van der Waals surface area contributed by atoms with Gasteiger partial charge in [0.15, 0.2) is 0 Å². The predicted molar refractivity (Wildman–Crippen MR) is 82.4 cm³/mol. The van der Waals surface area contributed by atoms with E-state index in [-0.39, 0.29) is 5.91 Å². The van der Waals surface area contributed by atoms with Crippen molar-refractivity contribution in [3.05, 3.63) is 56.2 Å². The van der Waals surface area contributed by atoms with Crippen molar-refractivity contribution in [2.24, 2.45) is 5.73 Å². The summed E-state index contributed by atoms with van der Waals surface area (Å²) in [5, 5.41) is 5.17. The maximum atomic E-state index is 11.0. The molecule has 0 spiro atoms. The maximum Gasteiger partial charge on any atom is 0.249 e. The lowest BCUT2D eigenvalue weighted by molar-refractivity contribution is 0.100. The van der Waals surface area contributed by atoms with Crippen LogP contribution in [0.25, 0.3) is 0 Å². The third-order valence-electron chi connectivity index (χ3n) is 2.77. The van der Waals surface area contributed by atoms with Gasteiger partial charge in [-0.2, -0.15) is 0 Å². The highest BCUT2D eigenvalue weighted by Crippen LogP contribution is 2.16. The molecule has 100 valence electrons. The van der Waals surface area contributed by atoms with Crippen LogP contribution in [-0.2, 0) is 13.0 Å². The lowest BCUT2D eigenvalue weighted by Crippen LogP contribution is -2.16. The highest BCUT2D eigenvalue weighted by molar-refractivity contribution is 9.10. The van der Waals surface area contributed by atoms with E-state index < -0.39 is 0 Å². The van der Waals surface area contributed by atoms with E-state index in [9.17, 15) is 4.79 Å². The Morgan fingerprint density at radius 1 is 1.37 bits per heavy atom. The van der Waals surface area contributed by atoms with E-state index in [1.54, 1.807) is 16.7 Å². The van der Waals surface area contributed by atoms with Gasteiger partial charge in [0, 0.05) is 21.3 Å². The number of amides is 1. The van der Waals surface area contributed by atoms with E-state index in [2.05, 4.69) is 27.3 Å². The average molecular weight is 339 g/mol. The summed E-state index contributed by atoms with van der Waals surface area (Å²) >= 11 is 5.09. The van der Waals surface area contributed by atoms with Gasteiger partial charge in [0.05, 0.1) is 5.56 Å². The van der Waals surface area contributed by atoms with Crippen molar-refractivity contribution in [3.8, 4) is 0 Å². The van der Waals surface area contributed by atoms with Gasteiger partial charge in [-0.1, -0.05) is 34.1 Å². The molecule has 0 saturated carbocycles. The molecule has 0 unspecified atom stereocenters. The summed E-state index contributed by atoms with van der Waals surface area (Å²) in [6, 6.07) is 10.1. The molecule has 3 N–H and O–H groups in total. The van der Waals surface area contributed by atoms with Crippen molar-refractivity contribution in [3.63, 3.8) is 0 Å². The third kappa shape index (κ3) is 4.16. The van der Waals surface area contributed by atoms with E-state index in [4.69, 9.17) is 5.73 Å². The summed E-state index contributed by atoms with van der Waals surface area (Å²) in [6.45, 7) is 1.66. The molecule has 0 radical (unpaired) electrons. The highest BCUT2D eigenvalue weighted by Gasteiger charge is 2.04. The smallest absolute Gasteiger partial charge is 0.249 e. The van der Waals surface area contributed by atoms with E-state index >= 15 is 0 Å². The first-order valence-electron chi connectivity index (χ1n) is 5.98. The monoisotopic (exact) mass is 338 g/mol. The highest BCUT2D eigenvalue weighted by atomic mass is 79.9. The lowest BCUT2D eigenvalue weighted by Gasteiger charge is -2.05. The largest absolute Gasteiger partial charge is 0.366 e. The molecular formula is C14H15BrN2OS. The summed E-state index contributed by atoms with van der Waals surface area (Å²) in [4.78, 5) is 12.1. The van der Waals surface area contributed by atoms with Crippen LogP contribution in [0.3, 0.4) is 0 Å². The van der Waals surface area contributed by atoms with Crippen LogP contribution in [-0.4, -0.2) is 12.5 Å². The number of benzene rings is 1. The van der Waals surface area contributed by atoms with E-state index in [1.807, 2.05) is 24.3 Å². The lowest BCUT2D eigenvalue weighted by atomic mass is 10.1. The molecule has 1 heterocycles. The number of hydrogen-bond donors (Lipinski definition) is 2. The molecule has 0 saturated heterocycles. The van der Waals surface area contributed by atoms with Crippen LogP contribution in [0.4, 0.5) is 0 Å². The minimum absolute atomic E-state index is 0.365. The SMILES string of the molecule is NC(=O)c1csc(CNCCc2ccccc2Br)c1. The molecule has 0 fully saturated rings. The standard InChI is InChI=1S/C14H15BrN2OS/c15-13-4-2-1-3-10(13)5-6-17-8-12-7-11(9-19-12)14(16)18/h1-4,7,9,17H,5-6,8H2,(H2,16,18). The molecule has 1 aromatic carbocycles. The van der Waals surface area contributed by atoms with Crippen molar-refractivity contribution in [1.29, 1.82) is 0 Å². The van der Waals surface area contributed by atoms with E-state index in [0.29, 0.717) is 5.56 Å². The summed E-state index contributed by atoms with van der Waals surface area (Å²) in [5.74, 6) is -0.365. The van der Waals surface area contributed by atoms with Crippen molar-refractivity contribution in [2.45, 2.75) is 13.0 Å². The Balaban J connectivity index is 1.77. The second-order valence-corrected chi connectivity index (χ2v) is 6.03. The zero-order chi connectivity index (χ0) is 13.7. The number of carbonyl (C=O) groups excluding carboxylic acids is 1. The molecule has 5 heteroatoms. The maximum absolute atomic E-state index is 11.0. The molecule has 0 aliphatic rings. The molecule has 0 atom stereocenters. The van der Waals surface area contributed by atoms with Crippen LogP contribution in [0.5, 0.6) is 0 Å². The van der Waals surface area contributed by atoms with Crippen LogP contribution in [0.15, 0.2) is 40.2 Å². The molecule has 1 aromatic heterocycles. The van der Waals surface area contributed by atoms with Gasteiger partial charge in [0.25, 0.3) is 0 Å². The minimum Gasteiger partial charge on any atom is -0.366 e. The Morgan fingerprint density at radius 3 is 2.84 bits per heavy atom. The molecular weight excluding hydrogens is 324 g/mol. The van der Waals surface area contributed by atoms with Crippen LogP contribution in [0.2, 0.25) is 0 Å². The number of rotatable bonds is 6. The quantitative estimate of drug-likeness (QED) is 0.795. The topological polar surface area (TPSA) is 55.1 Å². The van der Waals surface area contributed by atoms with E-state index in [0.717, 1.165) is 28.9 Å². The first-order chi connectivity index (χ1) is 9.16. The normalized spacial score (nSPS) is 10.6. The van der Waals surface area contributed by atoms with Crippen LogP contribution in [0, 0.1) is 0 Å². The van der Waals surface area contributed by atoms with Crippen LogP contribution >= 0.6 is 27.3 Å². The van der Waals surface area contributed by atoms with Gasteiger partial charge in [-0.05, 0) is 30.7 Å². The molecule has 3 nitrogen and oxygen atoms in total. The second kappa shape index (κ2) is 6.84. The molecule has 2 rings (SSSR count). The number of hydrogen-bond acceptors (Lipinski definition) is 3. The van der Waals surface area contributed by atoms with Gasteiger partial charge in [-0.25, -0.2) is 0 Å². The van der Waals surface area contributed by atoms with Gasteiger partial charge in [0.1, 0.15) is 0 Å². The van der Waals surface area contributed by atoms with Gasteiger partial charge >= 0.3 is 0 Å². The number of primary amides is 1. The fourth-order valence-corrected chi connectivity index (χ4v) is 3.06. The minimum atomic E-state index is -0.365. The van der Waals surface area contributed by atoms with Gasteiger partial charge in [0.2, 0.25) is 5.91 Å². The van der Waals surface area contributed by atoms with Crippen molar-refractivity contribution < 1.29 is 4.79 Å². The van der Waals surface area contributed by atoms with Gasteiger partial charge < -0.3 is 11.1 Å². The van der Waals surface area contributed by atoms with Crippen LogP contribution < -0.4 is 11.1 Å². The van der Waals surface area contributed by atoms with E-state index in [1.165, 1.54) is 5.56 Å². The second-order valence-electron chi connectivity index (χ2n) is 4.18. The Labute approximate surface area is 125 Å². The Bertz CT molecular complexity index is 568. The average Bonchev–Trinajstić information content (AvgIpc) is 2.85. The van der Waals surface area contributed by atoms with Crippen molar-refractivity contribution in [2.75, 3.05) is 6.54 Å². The fourth-order valence-electron chi connectivity index (χ4n) is 1.74. The molecule has 0 bridgehead atoms. The number of nitrogens with two attached hydrogens (primary N) is 1. The Hall–Kier alpha value is -1.17. The number of thiophene rings is 1. The Morgan fingerprint density at radius 2 is 2.16 bits per heavy atom. The van der Waals surface area contributed by atoms with Crippen molar-refractivity contribution >= 4 is 33.2 Å². The number of nitrogens with one attached hydrogen (secondary N) is 1. The first kappa shape index (κ1) is 14.2. The molecule has 0 aliphatic carbocycles. The fraction of sp³-hybridized carbons (Fsp3) is 0.214. The number of halogens is 1. The zero-order valence-corrected chi connectivity index (χ0v) is 12.8. The summed E-state index contributed by atoms with van der Waals surface area (Å²) < 4.78 is 1.14. The third-order valence-corrected chi connectivity index (χ3v) is 4.48. The molecule has 1 amide bonds. The number of carbonyl (C=O) groups is 1. The summed E-state index contributed by atoms with van der Waals surface area (Å²) in [7, 11) is 0. The zero-order valence-electron chi connectivity index (χ0n) is 10.4. The van der Waals surface area contributed by atoms with Gasteiger partial charge in [-0.3, -0.25) is 4.79 Å². The first-order valence-corrected chi connectivity index (χ1v) is 7.65. The van der Waals surface area contributed by atoms with Crippen LogP contribution in [0.1, 0.15) is 20.8 Å². The summed E-state index contributed by atoms with van der Waals surface area (Å²) in [5.41, 5.74) is 7.10. The Kier molecular flexibility index (Phi) is 5.13. The molecule has 2 aromatic rings. The van der Waals surface area contributed by atoms with Crippen molar-refractivity contribution in [1.82, 2.24) is 5.32 Å².